The van der Waals surface area contributed by atoms with E-state index in [-0.39, 0.29) is 5.23 Å². The van der Waals surface area contributed by atoms with E-state index in [1.54, 1.807) is 58.0 Å². The summed E-state index contributed by atoms with van der Waals surface area (Å²) >= 11 is 0. The summed E-state index contributed by atoms with van der Waals surface area (Å²) in [5, 5.41) is 34.6. The van der Waals surface area contributed by atoms with Crippen molar-refractivity contribution in [3.63, 3.8) is 0 Å². The Bertz CT molecular complexity index is 326. The fourth-order valence-corrected chi connectivity index (χ4v) is 0.561. The molecule has 5 nitrogen and oxygen atoms in total. The summed E-state index contributed by atoms with van der Waals surface area (Å²) < 4.78 is 0. The summed E-state index contributed by atoms with van der Waals surface area (Å²) in [7, 11) is 0. The molecule has 0 spiro atoms. The molecule has 1 aromatic carbocycles. The van der Waals surface area contributed by atoms with E-state index in [2.05, 4.69) is 0 Å². The average molecular weight is 301 g/mol. The van der Waals surface area contributed by atoms with Crippen LogP contribution in [0.25, 0.3) is 0 Å². The van der Waals surface area contributed by atoms with Crippen LogP contribution < -0.4 is 5.23 Å². The van der Waals surface area contributed by atoms with Crippen LogP contribution in [0.5, 0.6) is 0 Å². The van der Waals surface area contributed by atoms with E-state index in [1.165, 1.54) is 0 Å². The van der Waals surface area contributed by atoms with Gasteiger partial charge in [-0.15, -0.1) is 5.23 Å². The van der Waals surface area contributed by atoms with Gasteiger partial charge in [0, 0.05) is 0 Å². The van der Waals surface area contributed by atoms with E-state index in [0.29, 0.717) is 5.69 Å². The van der Waals surface area contributed by atoms with Crippen molar-refractivity contribution in [2.45, 2.75) is 65.6 Å². The monoisotopic (exact) mass is 301 g/mol. The molecule has 0 saturated heterocycles. The van der Waals surface area contributed by atoms with E-state index in [1.807, 2.05) is 13.8 Å². The third-order valence-electron chi connectivity index (χ3n) is 2.72. The zero-order chi connectivity index (χ0) is 17.1. The number of hydrogen-bond acceptors (Lipinski definition) is 5. The van der Waals surface area contributed by atoms with Gasteiger partial charge >= 0.3 is 0 Å². The van der Waals surface area contributed by atoms with E-state index >= 15 is 0 Å². The maximum Gasteiger partial charge on any atom is 0.0942 e. The molecule has 0 aromatic heterocycles. The molecule has 21 heavy (non-hydrogen) atoms. The summed E-state index contributed by atoms with van der Waals surface area (Å²) in [5.74, 6) is 0. The number of benzene rings is 1. The minimum Gasteiger partial charge on any atom is -0.390 e. The van der Waals surface area contributed by atoms with Gasteiger partial charge in [0.25, 0.3) is 0 Å². The minimum atomic E-state index is -0.458. The van der Waals surface area contributed by atoms with Crippen molar-refractivity contribution in [1.82, 2.24) is 0 Å². The molecule has 0 aliphatic carbocycles. The zero-order valence-corrected chi connectivity index (χ0v) is 14.0. The van der Waals surface area contributed by atoms with Crippen LogP contribution in [0.3, 0.4) is 0 Å². The first-order chi connectivity index (χ1) is 9.43. The molecule has 0 atom stereocenters. The zero-order valence-electron chi connectivity index (χ0n) is 14.0. The van der Waals surface area contributed by atoms with Crippen LogP contribution >= 0.6 is 0 Å². The van der Waals surface area contributed by atoms with E-state index in [9.17, 15) is 0 Å². The third-order valence-corrected chi connectivity index (χ3v) is 2.72. The molecule has 0 aliphatic heterocycles. The van der Waals surface area contributed by atoms with Gasteiger partial charge in [0.1, 0.15) is 0 Å². The smallest absolute Gasteiger partial charge is 0.0942 e. The molecular weight excluding hydrogens is 270 g/mol. The standard InChI is InChI=1S/C6H7NO2.2C5H12O/c8-7(9)6-4-2-1-3-5-6;2*1-4-5(2,3)6/h1-5,8-9H;2*6H,4H2,1-3H3. The van der Waals surface area contributed by atoms with Gasteiger partial charge < -0.3 is 10.2 Å². The van der Waals surface area contributed by atoms with Gasteiger partial charge in [-0.3, -0.25) is 10.4 Å². The molecule has 124 valence electrons. The van der Waals surface area contributed by atoms with Crippen LogP contribution in [0.4, 0.5) is 5.69 Å². The van der Waals surface area contributed by atoms with E-state index in [0.717, 1.165) is 12.8 Å². The Morgan fingerprint density at radius 2 is 1.10 bits per heavy atom. The lowest BCUT2D eigenvalue weighted by molar-refractivity contribution is 0.0291. The molecule has 0 radical (unpaired) electrons. The fraction of sp³-hybridized carbons (Fsp3) is 0.625. The van der Waals surface area contributed by atoms with Crippen molar-refractivity contribution in [2.24, 2.45) is 0 Å². The van der Waals surface area contributed by atoms with Gasteiger partial charge in [-0.05, 0) is 52.7 Å². The highest BCUT2D eigenvalue weighted by molar-refractivity contribution is 5.39. The summed E-state index contributed by atoms with van der Waals surface area (Å²) in [4.78, 5) is 0. The maximum absolute atomic E-state index is 8.83. The summed E-state index contributed by atoms with van der Waals surface area (Å²) in [6.07, 6.45) is 1.65. The second-order valence-electron chi connectivity index (χ2n) is 5.96. The van der Waals surface area contributed by atoms with Gasteiger partial charge in [0.05, 0.1) is 16.9 Å². The highest BCUT2D eigenvalue weighted by Crippen LogP contribution is 2.07. The number of nitrogens with zero attached hydrogens (tertiary/aromatic N) is 1. The number of rotatable bonds is 3. The number of hydrogen-bond donors (Lipinski definition) is 4. The Kier molecular flexibility index (Phi) is 11.1. The first-order valence-electron chi connectivity index (χ1n) is 7.10. The Morgan fingerprint density at radius 1 is 0.810 bits per heavy atom. The van der Waals surface area contributed by atoms with Crippen LogP contribution in [-0.4, -0.2) is 31.8 Å². The van der Waals surface area contributed by atoms with Crippen LogP contribution in [0.1, 0.15) is 54.4 Å². The topological polar surface area (TPSA) is 84.2 Å². The SMILES string of the molecule is CCC(C)(C)O.CCC(C)(C)O.ON(O)c1ccccc1. The van der Waals surface area contributed by atoms with Crippen molar-refractivity contribution in [2.75, 3.05) is 5.23 Å². The number of aliphatic hydroxyl groups is 2. The maximum atomic E-state index is 8.83. The molecule has 1 aromatic rings. The van der Waals surface area contributed by atoms with E-state index < -0.39 is 11.2 Å². The van der Waals surface area contributed by atoms with Crippen molar-refractivity contribution in [1.29, 1.82) is 0 Å². The van der Waals surface area contributed by atoms with Gasteiger partial charge in [-0.1, -0.05) is 32.0 Å². The lowest BCUT2D eigenvalue weighted by Gasteiger charge is -2.11. The molecule has 0 bridgehead atoms. The van der Waals surface area contributed by atoms with Crippen LogP contribution in [0.15, 0.2) is 30.3 Å². The molecule has 0 aliphatic rings. The normalized spacial score (nSPS) is 10.8. The second-order valence-corrected chi connectivity index (χ2v) is 5.96. The lowest BCUT2D eigenvalue weighted by atomic mass is 10.1. The Balaban J connectivity index is 0. The molecule has 4 N–H and O–H groups in total. The number of para-hydroxylation sites is 1. The molecule has 0 saturated carbocycles. The molecule has 0 amide bonds. The van der Waals surface area contributed by atoms with Crippen molar-refractivity contribution >= 4 is 5.69 Å². The quantitative estimate of drug-likeness (QED) is 0.641. The summed E-state index contributed by atoms with van der Waals surface area (Å²) in [5.41, 5.74) is -0.558. The first-order valence-corrected chi connectivity index (χ1v) is 7.10. The first kappa shape index (κ1) is 22.1. The minimum absolute atomic E-state index is 0.0833. The Labute approximate surface area is 128 Å². The highest BCUT2D eigenvalue weighted by atomic mass is 16.8. The fourth-order valence-electron chi connectivity index (χ4n) is 0.561. The van der Waals surface area contributed by atoms with E-state index in [4.69, 9.17) is 20.6 Å². The van der Waals surface area contributed by atoms with Crippen LogP contribution in [0, 0.1) is 0 Å². The Morgan fingerprint density at radius 3 is 1.24 bits per heavy atom. The molecule has 5 heteroatoms. The van der Waals surface area contributed by atoms with Crippen molar-refractivity contribution in [3.05, 3.63) is 30.3 Å². The van der Waals surface area contributed by atoms with Crippen LogP contribution in [0.2, 0.25) is 0 Å². The second kappa shape index (κ2) is 10.6. The Hall–Kier alpha value is -1.14. The van der Waals surface area contributed by atoms with Crippen LogP contribution in [-0.2, 0) is 0 Å². The van der Waals surface area contributed by atoms with Gasteiger partial charge in [-0.25, -0.2) is 0 Å². The molecular formula is C16H31NO4. The predicted molar refractivity (Wildman–Crippen MR) is 85.7 cm³/mol. The molecule has 0 heterocycles. The largest absolute Gasteiger partial charge is 0.390 e. The molecule has 1 rings (SSSR count). The van der Waals surface area contributed by atoms with Gasteiger partial charge in [0.2, 0.25) is 0 Å². The van der Waals surface area contributed by atoms with Crippen molar-refractivity contribution in [3.8, 4) is 0 Å². The molecule has 0 fully saturated rings. The summed E-state index contributed by atoms with van der Waals surface area (Å²) in [6.45, 7) is 11.1. The third kappa shape index (κ3) is 18.9. The summed E-state index contributed by atoms with van der Waals surface area (Å²) in [6, 6.07) is 8.40. The highest BCUT2D eigenvalue weighted by Gasteiger charge is 2.06. The predicted octanol–water partition coefficient (Wildman–Crippen LogP) is 3.61. The average Bonchev–Trinajstić information content (AvgIpc) is 2.39. The lowest BCUT2D eigenvalue weighted by Crippen LogP contribution is -2.15. The van der Waals surface area contributed by atoms with Gasteiger partial charge in [-0.2, -0.15) is 0 Å². The number of anilines is 1. The van der Waals surface area contributed by atoms with Gasteiger partial charge in [0.15, 0.2) is 0 Å². The van der Waals surface area contributed by atoms with Crippen molar-refractivity contribution < 1.29 is 20.6 Å². The molecule has 0 unspecified atom stereocenters.